The molecule has 0 unspecified atom stereocenters. The summed E-state index contributed by atoms with van der Waals surface area (Å²) in [7, 11) is 1.78. The van der Waals surface area contributed by atoms with Gasteiger partial charge in [-0.05, 0) is 49.8 Å². The lowest BCUT2D eigenvalue weighted by Crippen LogP contribution is -2.58. The molecule has 2 aliphatic heterocycles. The standard InChI is InChI=1S/C27H32N4O2/c1-27-16-22-19(15-18-9-4-3-5-10-18)28-23(27)13-8-14-24(27)31(22)25(32)17-30-21-12-7-6-11-20(21)29(2)26(30)33/h3-7,9-12,19,22-24,28H,8,13-17H2,1-2H3/t19-,22+,23-,24+,27-/m1/s1. The van der Waals surface area contributed by atoms with Crippen LogP contribution >= 0.6 is 0 Å². The number of rotatable bonds is 4. The fraction of sp³-hybridized carbons (Fsp3) is 0.481. The molecule has 3 fully saturated rings. The van der Waals surface area contributed by atoms with Crippen LogP contribution in [0, 0.1) is 5.41 Å². The van der Waals surface area contributed by atoms with Crippen molar-refractivity contribution in [2.45, 2.75) is 69.7 Å². The summed E-state index contributed by atoms with van der Waals surface area (Å²) in [6.45, 7) is 2.48. The molecule has 1 amide bonds. The second-order valence-electron chi connectivity index (χ2n) is 10.5. The molecular weight excluding hydrogens is 412 g/mol. The number of carbonyl (C=O) groups excluding carboxylic acids is 1. The molecule has 2 saturated heterocycles. The molecule has 6 rings (SSSR count). The van der Waals surface area contributed by atoms with Crippen molar-refractivity contribution >= 4 is 16.9 Å². The number of carbonyl (C=O) groups is 1. The van der Waals surface area contributed by atoms with E-state index in [2.05, 4.69) is 47.5 Å². The molecule has 0 radical (unpaired) electrons. The molecule has 2 bridgehead atoms. The average molecular weight is 445 g/mol. The second kappa shape index (κ2) is 7.59. The molecule has 172 valence electrons. The largest absolute Gasteiger partial charge is 0.333 e. The van der Waals surface area contributed by atoms with Crippen LogP contribution in [0.3, 0.4) is 0 Å². The van der Waals surface area contributed by atoms with E-state index in [0.717, 1.165) is 36.7 Å². The minimum atomic E-state index is -0.126. The van der Waals surface area contributed by atoms with E-state index >= 15 is 0 Å². The predicted octanol–water partition coefficient (Wildman–Crippen LogP) is 3.08. The molecule has 1 saturated carbocycles. The lowest BCUT2D eigenvalue weighted by molar-refractivity contribution is -0.136. The van der Waals surface area contributed by atoms with Crippen LogP contribution in [0.1, 0.15) is 38.2 Å². The SMILES string of the molecule is Cn1c(=O)n(CC(=O)N2[C@H]3CCC[C@H]4N[C@H](Cc5ccccc5)[C@@H]2C[C@@]34C)c2ccccc21. The topological polar surface area (TPSA) is 59.3 Å². The molecule has 1 aliphatic carbocycles. The summed E-state index contributed by atoms with van der Waals surface area (Å²) in [5, 5.41) is 3.96. The van der Waals surface area contributed by atoms with Crippen molar-refractivity contribution in [2.75, 3.05) is 0 Å². The molecule has 1 aromatic heterocycles. The summed E-state index contributed by atoms with van der Waals surface area (Å²) in [6.07, 6.45) is 5.34. The number of aryl methyl sites for hydroxylation is 1. The Labute approximate surface area is 194 Å². The third-order valence-corrected chi connectivity index (χ3v) is 8.68. The Balaban J connectivity index is 1.35. The molecule has 0 spiro atoms. The summed E-state index contributed by atoms with van der Waals surface area (Å²) in [6, 6.07) is 19.4. The van der Waals surface area contributed by atoms with Crippen molar-refractivity contribution in [3.63, 3.8) is 0 Å². The zero-order chi connectivity index (χ0) is 22.7. The maximum atomic E-state index is 13.9. The third-order valence-electron chi connectivity index (χ3n) is 8.68. The Bertz CT molecular complexity index is 1260. The molecule has 3 heterocycles. The number of nitrogens with zero attached hydrogens (tertiary/aromatic N) is 3. The van der Waals surface area contributed by atoms with Crippen molar-refractivity contribution in [2.24, 2.45) is 12.5 Å². The number of benzene rings is 2. The first kappa shape index (κ1) is 20.7. The Kier molecular flexibility index (Phi) is 4.77. The van der Waals surface area contributed by atoms with Crippen molar-refractivity contribution in [3.8, 4) is 0 Å². The predicted molar refractivity (Wildman–Crippen MR) is 129 cm³/mol. The number of hydrogen-bond acceptors (Lipinski definition) is 3. The van der Waals surface area contributed by atoms with E-state index in [1.54, 1.807) is 16.2 Å². The highest BCUT2D eigenvalue weighted by Crippen LogP contribution is 2.53. The maximum Gasteiger partial charge on any atom is 0.329 e. The summed E-state index contributed by atoms with van der Waals surface area (Å²) in [4.78, 5) is 29.1. The molecule has 33 heavy (non-hydrogen) atoms. The van der Waals surface area contributed by atoms with Crippen molar-refractivity contribution in [3.05, 3.63) is 70.6 Å². The van der Waals surface area contributed by atoms with Gasteiger partial charge in [0.2, 0.25) is 5.91 Å². The molecule has 6 nitrogen and oxygen atoms in total. The first-order valence-electron chi connectivity index (χ1n) is 12.2. The Morgan fingerprint density at radius 1 is 1.06 bits per heavy atom. The van der Waals surface area contributed by atoms with E-state index in [1.165, 1.54) is 12.0 Å². The van der Waals surface area contributed by atoms with Crippen LogP contribution in [0.25, 0.3) is 11.0 Å². The molecule has 2 aromatic carbocycles. The lowest BCUT2D eigenvalue weighted by Gasteiger charge is -2.46. The van der Waals surface area contributed by atoms with Gasteiger partial charge >= 0.3 is 5.69 Å². The van der Waals surface area contributed by atoms with Gasteiger partial charge in [-0.3, -0.25) is 13.9 Å². The number of aromatic nitrogens is 2. The summed E-state index contributed by atoms with van der Waals surface area (Å²) >= 11 is 0. The number of hydrogen-bond donors (Lipinski definition) is 1. The number of imidazole rings is 1. The lowest BCUT2D eigenvalue weighted by atomic mass is 9.65. The molecule has 6 heteroatoms. The van der Waals surface area contributed by atoms with Crippen LogP contribution in [0.5, 0.6) is 0 Å². The average Bonchev–Trinajstić information content (AvgIpc) is 3.26. The minimum absolute atomic E-state index is 0.0783. The van der Waals surface area contributed by atoms with Gasteiger partial charge in [0.25, 0.3) is 0 Å². The summed E-state index contributed by atoms with van der Waals surface area (Å²) in [5.74, 6) is 0.0783. The van der Waals surface area contributed by atoms with Gasteiger partial charge in [-0.2, -0.15) is 0 Å². The van der Waals surface area contributed by atoms with Crippen molar-refractivity contribution in [1.82, 2.24) is 19.4 Å². The zero-order valence-electron chi connectivity index (χ0n) is 19.4. The van der Waals surface area contributed by atoms with Gasteiger partial charge in [0, 0.05) is 36.6 Å². The van der Waals surface area contributed by atoms with E-state index in [9.17, 15) is 9.59 Å². The number of piperidine rings is 1. The normalized spacial score (nSPS) is 30.7. The van der Waals surface area contributed by atoms with Crippen LogP contribution in [-0.4, -0.2) is 44.1 Å². The van der Waals surface area contributed by atoms with Crippen LogP contribution in [0.4, 0.5) is 0 Å². The van der Waals surface area contributed by atoms with Crippen molar-refractivity contribution < 1.29 is 4.79 Å². The number of fused-ring (bicyclic) bond motifs is 2. The molecule has 1 N–H and O–H groups in total. The highest BCUT2D eigenvalue weighted by atomic mass is 16.2. The third kappa shape index (κ3) is 3.11. The molecule has 5 atom stereocenters. The fourth-order valence-electron chi connectivity index (χ4n) is 7.06. The first-order chi connectivity index (χ1) is 16.0. The number of nitrogens with one attached hydrogen (secondary N) is 1. The highest BCUT2D eigenvalue weighted by molar-refractivity contribution is 5.82. The number of likely N-dealkylation sites (tertiary alicyclic amines) is 1. The zero-order valence-corrected chi connectivity index (χ0v) is 19.4. The number of amides is 1. The monoisotopic (exact) mass is 444 g/mol. The van der Waals surface area contributed by atoms with E-state index in [-0.39, 0.29) is 41.7 Å². The van der Waals surface area contributed by atoms with Crippen LogP contribution in [-0.2, 0) is 24.8 Å². The summed E-state index contributed by atoms with van der Waals surface area (Å²) in [5.41, 5.74) is 2.97. The highest BCUT2D eigenvalue weighted by Gasteiger charge is 2.60. The fourth-order valence-corrected chi connectivity index (χ4v) is 7.06. The Morgan fingerprint density at radius 2 is 1.79 bits per heavy atom. The van der Waals surface area contributed by atoms with E-state index in [1.807, 2.05) is 24.3 Å². The van der Waals surface area contributed by atoms with Gasteiger partial charge in [0.1, 0.15) is 6.54 Å². The van der Waals surface area contributed by atoms with Gasteiger partial charge in [-0.25, -0.2) is 4.79 Å². The van der Waals surface area contributed by atoms with E-state index < -0.39 is 0 Å². The van der Waals surface area contributed by atoms with Crippen LogP contribution < -0.4 is 11.0 Å². The molecule has 3 aromatic rings. The van der Waals surface area contributed by atoms with E-state index in [0.29, 0.717) is 6.04 Å². The van der Waals surface area contributed by atoms with Gasteiger partial charge in [0.15, 0.2) is 0 Å². The van der Waals surface area contributed by atoms with Crippen molar-refractivity contribution in [1.29, 1.82) is 0 Å². The van der Waals surface area contributed by atoms with Crippen LogP contribution in [0.15, 0.2) is 59.4 Å². The number of para-hydroxylation sites is 2. The van der Waals surface area contributed by atoms with Gasteiger partial charge in [-0.1, -0.05) is 49.4 Å². The maximum absolute atomic E-state index is 13.9. The van der Waals surface area contributed by atoms with E-state index in [4.69, 9.17) is 0 Å². The Morgan fingerprint density at radius 3 is 2.58 bits per heavy atom. The molecule has 3 aliphatic rings. The quantitative estimate of drug-likeness (QED) is 0.673. The van der Waals surface area contributed by atoms with Gasteiger partial charge < -0.3 is 10.2 Å². The summed E-state index contributed by atoms with van der Waals surface area (Å²) < 4.78 is 3.30. The second-order valence-corrected chi connectivity index (χ2v) is 10.5. The Hall–Kier alpha value is -2.86. The van der Waals surface area contributed by atoms with Gasteiger partial charge in [-0.15, -0.1) is 0 Å². The molecular formula is C27H32N4O2. The first-order valence-corrected chi connectivity index (χ1v) is 12.2. The minimum Gasteiger partial charge on any atom is -0.333 e. The smallest absolute Gasteiger partial charge is 0.329 e. The van der Waals surface area contributed by atoms with Gasteiger partial charge in [0.05, 0.1) is 11.0 Å². The van der Waals surface area contributed by atoms with Crippen LogP contribution in [0.2, 0.25) is 0 Å².